The van der Waals surface area contributed by atoms with E-state index in [1.165, 1.54) is 12.0 Å². The van der Waals surface area contributed by atoms with Gasteiger partial charge in [0, 0.05) is 35.9 Å². The van der Waals surface area contributed by atoms with Crippen molar-refractivity contribution < 1.29 is 23.8 Å². The van der Waals surface area contributed by atoms with Crippen molar-refractivity contribution in [3.63, 3.8) is 0 Å². The Hall–Kier alpha value is -3.03. The fraction of sp³-hybridized carbons (Fsp3) is 0.273. The number of hydrogen-bond donors (Lipinski definition) is 1. The first kappa shape index (κ1) is 20.3. The van der Waals surface area contributed by atoms with Crippen molar-refractivity contribution >= 4 is 34.2 Å². The molecule has 1 amide bonds. The van der Waals surface area contributed by atoms with Crippen molar-refractivity contribution in [2.24, 2.45) is 0 Å². The molecule has 1 saturated heterocycles. The zero-order valence-corrected chi connectivity index (χ0v) is 17.4. The third kappa shape index (κ3) is 3.51. The number of carbonyl (C=O) groups excluding carboxylic acids is 2. The van der Waals surface area contributed by atoms with Gasteiger partial charge in [-0.05, 0) is 17.7 Å². The third-order valence-corrected chi connectivity index (χ3v) is 5.45. The molecular weight excluding hydrogens is 408 g/mol. The van der Waals surface area contributed by atoms with E-state index in [-0.39, 0.29) is 11.3 Å². The standard InChI is InChI=1S/C22H21ClN2O5/c1-28-16-11-17(29-2)19(21(26)22(27)25-7-9-30-10-8-25)20-18(16)15(12-24-20)13-3-5-14(23)6-4-13/h3-6,11-12,24H,7-10H2,1-2H3. The molecule has 0 unspecified atom stereocenters. The van der Waals surface area contributed by atoms with E-state index in [1.54, 1.807) is 31.5 Å². The monoisotopic (exact) mass is 428 g/mol. The molecule has 0 bridgehead atoms. The number of benzene rings is 2. The van der Waals surface area contributed by atoms with Gasteiger partial charge < -0.3 is 24.1 Å². The predicted molar refractivity (Wildman–Crippen MR) is 114 cm³/mol. The van der Waals surface area contributed by atoms with E-state index in [4.69, 9.17) is 25.8 Å². The molecule has 1 fully saturated rings. The highest BCUT2D eigenvalue weighted by Gasteiger charge is 2.31. The number of fused-ring (bicyclic) bond motifs is 1. The van der Waals surface area contributed by atoms with Gasteiger partial charge in [-0.25, -0.2) is 0 Å². The second kappa shape index (κ2) is 8.38. The maximum Gasteiger partial charge on any atom is 0.295 e. The van der Waals surface area contributed by atoms with Gasteiger partial charge in [-0.3, -0.25) is 9.59 Å². The van der Waals surface area contributed by atoms with Crippen LogP contribution >= 0.6 is 11.6 Å². The van der Waals surface area contributed by atoms with Crippen molar-refractivity contribution in [1.29, 1.82) is 0 Å². The number of rotatable bonds is 5. The quantitative estimate of drug-likeness (QED) is 0.496. The minimum atomic E-state index is -0.633. The van der Waals surface area contributed by atoms with Gasteiger partial charge in [-0.15, -0.1) is 0 Å². The maximum atomic E-state index is 13.2. The van der Waals surface area contributed by atoms with Gasteiger partial charge >= 0.3 is 0 Å². The Kier molecular flexibility index (Phi) is 5.65. The number of amides is 1. The van der Waals surface area contributed by atoms with Crippen molar-refractivity contribution in [2.45, 2.75) is 0 Å². The lowest BCUT2D eigenvalue weighted by atomic mass is 9.99. The van der Waals surface area contributed by atoms with Gasteiger partial charge in [-0.2, -0.15) is 0 Å². The number of hydrogen-bond acceptors (Lipinski definition) is 5. The average Bonchev–Trinajstić information content (AvgIpc) is 3.23. The number of halogens is 1. The Labute approximate surface area is 178 Å². The van der Waals surface area contributed by atoms with Crippen LogP contribution in [0.25, 0.3) is 22.0 Å². The number of H-pyrrole nitrogens is 1. The van der Waals surface area contributed by atoms with Gasteiger partial charge in [0.15, 0.2) is 0 Å². The number of morpholine rings is 1. The summed E-state index contributed by atoms with van der Waals surface area (Å²) < 4.78 is 16.3. The summed E-state index contributed by atoms with van der Waals surface area (Å²) in [5, 5.41) is 1.32. The molecule has 156 valence electrons. The number of ketones is 1. The summed E-state index contributed by atoms with van der Waals surface area (Å²) in [5.74, 6) is -0.407. The largest absolute Gasteiger partial charge is 0.496 e. The number of aromatic nitrogens is 1. The molecule has 0 atom stereocenters. The Bertz CT molecular complexity index is 1100. The second-order valence-corrected chi connectivity index (χ2v) is 7.29. The minimum absolute atomic E-state index is 0.185. The van der Waals surface area contributed by atoms with Crippen molar-refractivity contribution in [1.82, 2.24) is 9.88 Å². The highest BCUT2D eigenvalue weighted by atomic mass is 35.5. The highest BCUT2D eigenvalue weighted by molar-refractivity contribution is 6.45. The minimum Gasteiger partial charge on any atom is -0.496 e. The molecule has 30 heavy (non-hydrogen) atoms. The van der Waals surface area contributed by atoms with Crippen LogP contribution in [0.5, 0.6) is 11.5 Å². The smallest absolute Gasteiger partial charge is 0.295 e. The molecule has 8 heteroatoms. The lowest BCUT2D eigenvalue weighted by Gasteiger charge is -2.26. The topological polar surface area (TPSA) is 80.9 Å². The molecule has 0 spiro atoms. The normalized spacial score (nSPS) is 14.0. The number of ether oxygens (including phenoxy) is 3. The van der Waals surface area contributed by atoms with Gasteiger partial charge in [0.25, 0.3) is 11.7 Å². The van der Waals surface area contributed by atoms with E-state index >= 15 is 0 Å². The zero-order chi connectivity index (χ0) is 21.3. The summed E-state index contributed by atoms with van der Waals surface area (Å²) >= 11 is 6.02. The number of nitrogens with zero attached hydrogens (tertiary/aromatic N) is 1. The first-order valence-corrected chi connectivity index (χ1v) is 9.86. The predicted octanol–water partition coefficient (Wildman–Crippen LogP) is 3.55. The fourth-order valence-electron chi connectivity index (χ4n) is 3.68. The van der Waals surface area contributed by atoms with Gasteiger partial charge in [0.1, 0.15) is 11.5 Å². The van der Waals surface area contributed by atoms with Crippen LogP contribution in [0.2, 0.25) is 5.02 Å². The SMILES string of the molecule is COc1cc(OC)c2c(-c3ccc(Cl)cc3)c[nH]c2c1C(=O)C(=O)N1CCOCC1. The van der Waals surface area contributed by atoms with Crippen molar-refractivity contribution in [3.8, 4) is 22.6 Å². The number of Topliss-reactive ketones (excluding diaryl/α,β-unsaturated/α-hetero) is 1. The molecule has 4 rings (SSSR count). The van der Waals surface area contributed by atoms with Crippen LogP contribution in [0.3, 0.4) is 0 Å². The van der Waals surface area contributed by atoms with Crippen molar-refractivity contribution in [3.05, 3.63) is 47.1 Å². The van der Waals surface area contributed by atoms with E-state index in [1.807, 2.05) is 12.1 Å². The molecule has 0 radical (unpaired) electrons. The van der Waals surface area contributed by atoms with E-state index in [0.717, 1.165) is 11.1 Å². The van der Waals surface area contributed by atoms with E-state index < -0.39 is 11.7 Å². The van der Waals surface area contributed by atoms with E-state index in [2.05, 4.69) is 4.98 Å². The molecule has 1 aromatic heterocycles. The fourth-order valence-corrected chi connectivity index (χ4v) is 3.81. The number of nitrogens with one attached hydrogen (secondary N) is 1. The first-order valence-electron chi connectivity index (χ1n) is 9.48. The molecule has 2 aromatic carbocycles. The van der Waals surface area contributed by atoms with Crippen LogP contribution in [0.15, 0.2) is 36.5 Å². The second-order valence-electron chi connectivity index (χ2n) is 6.85. The van der Waals surface area contributed by atoms with Gasteiger partial charge in [-0.1, -0.05) is 23.7 Å². The van der Waals surface area contributed by atoms with Crippen LogP contribution in [0.1, 0.15) is 10.4 Å². The molecule has 3 aromatic rings. The molecular formula is C22H21ClN2O5. The lowest BCUT2D eigenvalue weighted by molar-refractivity contribution is -0.130. The van der Waals surface area contributed by atoms with Gasteiger partial charge in [0.2, 0.25) is 0 Å². The number of carbonyl (C=O) groups is 2. The lowest BCUT2D eigenvalue weighted by Crippen LogP contribution is -2.44. The van der Waals surface area contributed by atoms with Gasteiger partial charge in [0.05, 0.1) is 43.9 Å². The van der Waals surface area contributed by atoms with Crippen molar-refractivity contribution in [2.75, 3.05) is 40.5 Å². The third-order valence-electron chi connectivity index (χ3n) is 5.20. The summed E-state index contributed by atoms with van der Waals surface area (Å²) in [5.41, 5.74) is 2.40. The van der Waals surface area contributed by atoms with Crippen LogP contribution in [0, 0.1) is 0 Å². The van der Waals surface area contributed by atoms with Crippen LogP contribution < -0.4 is 9.47 Å². The molecule has 0 saturated carbocycles. The Morgan fingerprint density at radius 1 is 1.07 bits per heavy atom. The number of aromatic amines is 1. The molecule has 2 heterocycles. The van der Waals surface area contributed by atoms with Crippen LogP contribution in [-0.4, -0.2) is 62.1 Å². The van der Waals surface area contributed by atoms with Crippen LogP contribution in [0.4, 0.5) is 0 Å². The molecule has 1 N–H and O–H groups in total. The maximum absolute atomic E-state index is 13.2. The Morgan fingerprint density at radius 3 is 2.37 bits per heavy atom. The summed E-state index contributed by atoms with van der Waals surface area (Å²) in [4.78, 5) is 30.8. The number of methoxy groups -OCH3 is 2. The first-order chi connectivity index (χ1) is 14.5. The molecule has 1 aliphatic rings. The Morgan fingerprint density at radius 2 is 1.73 bits per heavy atom. The van der Waals surface area contributed by atoms with E-state index in [0.29, 0.717) is 48.0 Å². The molecule has 0 aliphatic carbocycles. The zero-order valence-electron chi connectivity index (χ0n) is 16.7. The van der Waals surface area contributed by atoms with E-state index in [9.17, 15) is 9.59 Å². The summed E-state index contributed by atoms with van der Waals surface area (Å²) in [6.07, 6.45) is 1.78. The Balaban J connectivity index is 1.87. The summed E-state index contributed by atoms with van der Waals surface area (Å²) in [7, 11) is 3.01. The molecule has 7 nitrogen and oxygen atoms in total. The van der Waals surface area contributed by atoms with Crippen LogP contribution in [-0.2, 0) is 9.53 Å². The highest BCUT2D eigenvalue weighted by Crippen LogP contribution is 2.41. The summed E-state index contributed by atoms with van der Waals surface area (Å²) in [6, 6.07) is 8.99. The summed E-state index contributed by atoms with van der Waals surface area (Å²) in [6.45, 7) is 1.59. The average molecular weight is 429 g/mol. The molecule has 1 aliphatic heterocycles.